The zero-order valence-corrected chi connectivity index (χ0v) is 17.5. The molecule has 1 aromatic carbocycles. The summed E-state index contributed by atoms with van der Waals surface area (Å²) in [6.07, 6.45) is 0.116. The van der Waals surface area contributed by atoms with E-state index in [-0.39, 0.29) is 18.4 Å². The Morgan fingerprint density at radius 2 is 2.00 bits per heavy atom. The zero-order chi connectivity index (χ0) is 21.3. The number of benzene rings is 1. The molecule has 0 spiro atoms. The number of nitrogens with two attached hydrogens (primary N) is 1. The van der Waals surface area contributed by atoms with Gasteiger partial charge in [-0.05, 0) is 37.1 Å². The molecule has 4 rings (SSSR count). The molecule has 3 heterocycles. The van der Waals surface area contributed by atoms with E-state index < -0.39 is 6.43 Å². The summed E-state index contributed by atoms with van der Waals surface area (Å²) in [5.41, 5.74) is 7.67. The largest absolute Gasteiger partial charge is 0.368 e. The van der Waals surface area contributed by atoms with Crippen LogP contribution in [0.1, 0.15) is 6.42 Å². The first-order chi connectivity index (χ1) is 14.4. The van der Waals surface area contributed by atoms with Crippen molar-refractivity contribution >= 4 is 46.0 Å². The number of hydrogen-bond donors (Lipinski definition) is 2. The van der Waals surface area contributed by atoms with E-state index in [4.69, 9.17) is 33.9 Å². The Hall–Kier alpha value is -2.29. The second-order valence-corrected chi connectivity index (χ2v) is 8.06. The van der Waals surface area contributed by atoms with Gasteiger partial charge in [0.15, 0.2) is 5.65 Å². The Morgan fingerprint density at radius 1 is 1.23 bits per heavy atom. The Bertz CT molecular complexity index is 1040. The number of pyridine rings is 1. The van der Waals surface area contributed by atoms with E-state index in [2.05, 4.69) is 20.2 Å². The van der Waals surface area contributed by atoms with Gasteiger partial charge in [-0.1, -0.05) is 29.3 Å². The molecule has 6 nitrogen and oxygen atoms in total. The highest BCUT2D eigenvalue weighted by Crippen LogP contribution is 2.41. The van der Waals surface area contributed by atoms with Gasteiger partial charge in [-0.25, -0.2) is 18.7 Å². The van der Waals surface area contributed by atoms with Crippen molar-refractivity contribution in [2.24, 2.45) is 5.92 Å². The van der Waals surface area contributed by atoms with E-state index in [1.54, 1.807) is 24.4 Å². The van der Waals surface area contributed by atoms with Gasteiger partial charge in [-0.3, -0.25) is 0 Å². The normalized spacial score (nSPS) is 16.7. The summed E-state index contributed by atoms with van der Waals surface area (Å²) in [6, 6.07) is 7.24. The molecule has 3 aromatic rings. The molecule has 3 N–H and O–H groups in total. The first-order valence-electron chi connectivity index (χ1n) is 9.54. The van der Waals surface area contributed by atoms with Crippen LogP contribution >= 0.6 is 23.2 Å². The van der Waals surface area contributed by atoms with Gasteiger partial charge < -0.3 is 16.0 Å². The Kier molecular flexibility index (Phi) is 6.17. The predicted molar refractivity (Wildman–Crippen MR) is 116 cm³/mol. The van der Waals surface area contributed by atoms with Crippen molar-refractivity contribution in [1.29, 1.82) is 0 Å². The number of anilines is 2. The Labute approximate surface area is 182 Å². The fraction of sp³-hybridized carbons (Fsp3) is 0.350. The lowest BCUT2D eigenvalue weighted by molar-refractivity contribution is 0.144. The third-order valence-corrected chi connectivity index (χ3v) is 5.75. The average molecular weight is 453 g/mol. The van der Waals surface area contributed by atoms with Gasteiger partial charge in [-0.2, -0.15) is 4.98 Å². The lowest BCUT2D eigenvalue weighted by Crippen LogP contribution is -2.29. The molecule has 10 heteroatoms. The molecule has 0 unspecified atom stereocenters. The number of nitrogens with zero attached hydrogens (tertiary/aromatic N) is 4. The van der Waals surface area contributed by atoms with Crippen LogP contribution < -0.4 is 16.0 Å². The van der Waals surface area contributed by atoms with E-state index in [0.717, 1.165) is 18.5 Å². The number of halogens is 4. The molecule has 30 heavy (non-hydrogen) atoms. The second kappa shape index (κ2) is 8.83. The molecule has 0 bridgehead atoms. The molecule has 1 fully saturated rings. The van der Waals surface area contributed by atoms with Gasteiger partial charge in [0.25, 0.3) is 6.43 Å². The number of hydrogen-bond acceptors (Lipinski definition) is 6. The first kappa shape index (κ1) is 21.0. The molecule has 0 aliphatic carbocycles. The fourth-order valence-electron chi connectivity index (χ4n) is 3.74. The van der Waals surface area contributed by atoms with Gasteiger partial charge in [0.1, 0.15) is 5.82 Å². The van der Waals surface area contributed by atoms with Gasteiger partial charge in [0.05, 0.1) is 16.6 Å². The lowest BCUT2D eigenvalue weighted by atomic mass is 10.0. The van der Waals surface area contributed by atoms with Crippen molar-refractivity contribution in [2.75, 3.05) is 36.8 Å². The highest BCUT2D eigenvalue weighted by Gasteiger charge is 2.27. The minimum Gasteiger partial charge on any atom is -0.368 e. The molecule has 2 aromatic heterocycles. The molecule has 0 saturated carbocycles. The van der Waals surface area contributed by atoms with Crippen LogP contribution in [0.3, 0.4) is 0 Å². The van der Waals surface area contributed by atoms with Gasteiger partial charge in [-0.15, -0.1) is 0 Å². The molecule has 0 amide bonds. The standard InChI is InChI=1S/C20H20Cl2F2N6/c21-14-2-1-3-15(22)17(14)13-6-12-8-27-20(25)29-18(12)28-19(13)30-5-4-11(10-30)7-26-9-16(23)24/h1-3,6,8,11,16,26H,4-5,7,9-10H2,(H2,25,27,28,29)/t11-/m1/s1. The van der Waals surface area contributed by atoms with Crippen molar-refractivity contribution in [3.63, 3.8) is 0 Å². The molecule has 1 saturated heterocycles. The van der Waals surface area contributed by atoms with Crippen LogP contribution in [0.5, 0.6) is 0 Å². The number of rotatable bonds is 6. The van der Waals surface area contributed by atoms with Crippen molar-refractivity contribution in [3.8, 4) is 11.1 Å². The fourth-order valence-corrected chi connectivity index (χ4v) is 4.34. The summed E-state index contributed by atoms with van der Waals surface area (Å²) in [7, 11) is 0. The van der Waals surface area contributed by atoms with E-state index in [9.17, 15) is 8.78 Å². The van der Waals surface area contributed by atoms with Crippen LogP contribution in [0.4, 0.5) is 20.5 Å². The summed E-state index contributed by atoms with van der Waals surface area (Å²) >= 11 is 13.0. The highest BCUT2D eigenvalue weighted by atomic mass is 35.5. The lowest BCUT2D eigenvalue weighted by Gasteiger charge is -2.22. The van der Waals surface area contributed by atoms with E-state index in [1.165, 1.54) is 0 Å². The molecular weight excluding hydrogens is 433 g/mol. The van der Waals surface area contributed by atoms with Crippen LogP contribution in [0, 0.1) is 5.92 Å². The summed E-state index contributed by atoms with van der Waals surface area (Å²) in [5.74, 6) is 1.05. The van der Waals surface area contributed by atoms with Crippen molar-refractivity contribution in [1.82, 2.24) is 20.3 Å². The van der Waals surface area contributed by atoms with Crippen LogP contribution in [-0.2, 0) is 0 Å². The third kappa shape index (κ3) is 4.40. The second-order valence-electron chi connectivity index (χ2n) is 7.25. The summed E-state index contributed by atoms with van der Waals surface area (Å²) in [4.78, 5) is 15.2. The SMILES string of the molecule is Nc1ncc2cc(-c3c(Cl)cccc3Cl)c(N3CC[C@H](CNCC(F)F)C3)nc2n1. The summed E-state index contributed by atoms with van der Waals surface area (Å²) in [5, 5.41) is 4.56. The summed E-state index contributed by atoms with van der Waals surface area (Å²) in [6.45, 7) is 1.62. The maximum atomic E-state index is 12.4. The zero-order valence-electron chi connectivity index (χ0n) is 16.0. The number of nitrogen functional groups attached to an aromatic ring is 1. The third-order valence-electron chi connectivity index (χ3n) is 5.12. The smallest absolute Gasteiger partial charge is 0.250 e. The first-order valence-corrected chi connectivity index (χ1v) is 10.3. The average Bonchev–Trinajstić information content (AvgIpc) is 3.16. The molecular formula is C20H20Cl2F2N6. The number of nitrogens with one attached hydrogen (secondary N) is 1. The van der Waals surface area contributed by atoms with E-state index >= 15 is 0 Å². The quantitative estimate of drug-likeness (QED) is 0.581. The molecule has 1 atom stereocenters. The predicted octanol–water partition coefficient (Wildman–Crippen LogP) is 4.26. The van der Waals surface area contributed by atoms with Gasteiger partial charge >= 0.3 is 0 Å². The van der Waals surface area contributed by atoms with E-state index in [0.29, 0.717) is 45.5 Å². The van der Waals surface area contributed by atoms with Crippen molar-refractivity contribution in [2.45, 2.75) is 12.8 Å². The van der Waals surface area contributed by atoms with Crippen molar-refractivity contribution < 1.29 is 8.78 Å². The van der Waals surface area contributed by atoms with Crippen LogP contribution in [0.15, 0.2) is 30.5 Å². The number of aromatic nitrogens is 3. The van der Waals surface area contributed by atoms with Gasteiger partial charge in [0, 0.05) is 35.8 Å². The molecule has 158 valence electrons. The Morgan fingerprint density at radius 3 is 2.73 bits per heavy atom. The highest BCUT2D eigenvalue weighted by molar-refractivity contribution is 6.39. The minimum atomic E-state index is -2.36. The molecule has 1 aliphatic heterocycles. The minimum absolute atomic E-state index is 0.139. The van der Waals surface area contributed by atoms with Crippen LogP contribution in [-0.4, -0.2) is 47.6 Å². The monoisotopic (exact) mass is 452 g/mol. The van der Waals surface area contributed by atoms with Crippen LogP contribution in [0.2, 0.25) is 10.0 Å². The number of fused-ring (bicyclic) bond motifs is 1. The molecule has 1 aliphatic rings. The van der Waals surface area contributed by atoms with Crippen molar-refractivity contribution in [3.05, 3.63) is 40.5 Å². The maximum Gasteiger partial charge on any atom is 0.250 e. The summed E-state index contributed by atoms with van der Waals surface area (Å²) < 4.78 is 24.8. The van der Waals surface area contributed by atoms with E-state index in [1.807, 2.05) is 6.07 Å². The number of alkyl halides is 2. The topological polar surface area (TPSA) is 80.0 Å². The maximum absolute atomic E-state index is 12.4. The van der Waals surface area contributed by atoms with Gasteiger partial charge in [0.2, 0.25) is 5.95 Å². The molecule has 0 radical (unpaired) electrons. The Balaban J connectivity index is 1.73. The van der Waals surface area contributed by atoms with Crippen LogP contribution in [0.25, 0.3) is 22.2 Å².